The first-order valence-corrected chi connectivity index (χ1v) is 4.14. The van der Waals surface area contributed by atoms with Gasteiger partial charge in [0.15, 0.2) is 0 Å². The van der Waals surface area contributed by atoms with Crippen molar-refractivity contribution in [2.24, 2.45) is 0 Å². The van der Waals surface area contributed by atoms with Crippen LogP contribution in [-0.4, -0.2) is 4.98 Å². The van der Waals surface area contributed by atoms with Gasteiger partial charge in [-0.25, -0.2) is 4.98 Å². The average Bonchev–Trinajstić information content (AvgIpc) is 1.93. The quantitative estimate of drug-likeness (QED) is 0.633. The van der Waals surface area contributed by atoms with Gasteiger partial charge in [-0.05, 0) is 28.4 Å². The fraction of sp³-hybridized carbons (Fsp3) is 0.167. The minimum Gasteiger partial charge on any atom is -0.246 e. The molecule has 0 atom stereocenters. The van der Waals surface area contributed by atoms with Crippen molar-refractivity contribution in [3.05, 3.63) is 26.4 Å². The second kappa shape index (κ2) is 3.07. The molecule has 0 fully saturated rings. The van der Waals surface area contributed by atoms with Gasteiger partial charge >= 0.3 is 0 Å². The smallest absolute Gasteiger partial charge is 0.125 e. The Bertz CT molecular complexity index is 235. The molecule has 0 bridgehead atoms. The first-order valence-electron chi connectivity index (χ1n) is 2.59. The van der Waals surface area contributed by atoms with E-state index >= 15 is 0 Å². The van der Waals surface area contributed by atoms with Gasteiger partial charge in [0, 0.05) is 6.20 Å². The van der Waals surface area contributed by atoms with Gasteiger partial charge in [0.1, 0.15) is 4.60 Å². The zero-order chi connectivity index (χ0) is 7.72. The molecule has 4 heteroatoms. The number of hydrogen-bond acceptors (Lipinski definition) is 1. The number of pyridine rings is 1. The minimum absolute atomic E-state index is 0.576. The summed E-state index contributed by atoms with van der Waals surface area (Å²) in [6.07, 6.45) is 1.56. The summed E-state index contributed by atoms with van der Waals surface area (Å²) in [4.78, 5) is 3.89. The van der Waals surface area contributed by atoms with Crippen LogP contribution in [0.15, 0.2) is 10.8 Å². The topological polar surface area (TPSA) is 12.9 Å². The Hall–Kier alpha value is 0.210. The molecule has 1 aromatic rings. The Morgan fingerprint density at radius 2 is 2.10 bits per heavy atom. The van der Waals surface area contributed by atoms with Crippen molar-refractivity contribution in [1.82, 2.24) is 4.98 Å². The van der Waals surface area contributed by atoms with E-state index in [4.69, 9.17) is 23.2 Å². The lowest BCUT2D eigenvalue weighted by atomic mass is 10.3. The van der Waals surface area contributed by atoms with Crippen molar-refractivity contribution >= 4 is 39.1 Å². The number of hydrogen-bond donors (Lipinski definition) is 0. The van der Waals surface area contributed by atoms with Crippen molar-refractivity contribution in [1.29, 1.82) is 0 Å². The lowest BCUT2D eigenvalue weighted by Crippen LogP contribution is -1.82. The highest BCUT2D eigenvalue weighted by atomic mass is 79.9. The van der Waals surface area contributed by atoms with E-state index in [0.29, 0.717) is 14.6 Å². The number of aromatic nitrogens is 1. The van der Waals surface area contributed by atoms with Crippen molar-refractivity contribution in [2.75, 3.05) is 0 Å². The summed E-state index contributed by atoms with van der Waals surface area (Å²) in [6, 6.07) is 0. The molecule has 1 heterocycles. The lowest BCUT2D eigenvalue weighted by molar-refractivity contribution is 1.24. The molecule has 0 unspecified atom stereocenters. The molecule has 0 amide bonds. The fourth-order valence-corrected chi connectivity index (χ4v) is 1.27. The van der Waals surface area contributed by atoms with Crippen LogP contribution in [0.25, 0.3) is 0 Å². The Morgan fingerprint density at radius 1 is 1.50 bits per heavy atom. The van der Waals surface area contributed by atoms with Gasteiger partial charge in [-0.1, -0.05) is 23.2 Å². The molecule has 0 aliphatic rings. The summed E-state index contributed by atoms with van der Waals surface area (Å²) in [5.41, 5.74) is 0.852. The fourth-order valence-electron chi connectivity index (χ4n) is 0.526. The summed E-state index contributed by atoms with van der Waals surface area (Å²) in [5, 5.41) is 1.17. The Labute approximate surface area is 77.5 Å². The zero-order valence-electron chi connectivity index (χ0n) is 5.16. The van der Waals surface area contributed by atoms with Crippen LogP contribution in [0.3, 0.4) is 0 Å². The Morgan fingerprint density at radius 3 is 2.60 bits per heavy atom. The van der Waals surface area contributed by atoms with Gasteiger partial charge in [0.05, 0.1) is 10.0 Å². The second-order valence-electron chi connectivity index (χ2n) is 1.84. The molecule has 0 spiro atoms. The van der Waals surface area contributed by atoms with E-state index < -0.39 is 0 Å². The molecule has 0 aliphatic carbocycles. The molecule has 54 valence electrons. The summed E-state index contributed by atoms with van der Waals surface area (Å²) >= 11 is 14.7. The van der Waals surface area contributed by atoms with Crippen LogP contribution in [0.2, 0.25) is 10.0 Å². The summed E-state index contributed by atoms with van der Waals surface area (Å²) in [7, 11) is 0. The standard InChI is InChI=1S/C6H4BrCl2N/c1-3-4(8)2-10-6(7)5(3)9/h2H,1H3. The van der Waals surface area contributed by atoms with Crippen molar-refractivity contribution in [2.45, 2.75) is 6.92 Å². The molecule has 10 heavy (non-hydrogen) atoms. The molecule has 0 radical (unpaired) electrons. The highest BCUT2D eigenvalue weighted by Gasteiger charge is 2.04. The van der Waals surface area contributed by atoms with Crippen LogP contribution >= 0.6 is 39.1 Å². The normalized spacial score (nSPS) is 10.0. The van der Waals surface area contributed by atoms with Crippen LogP contribution in [0.5, 0.6) is 0 Å². The van der Waals surface area contributed by atoms with E-state index in [1.165, 1.54) is 0 Å². The number of halogens is 3. The molecular formula is C6H4BrCl2N. The van der Waals surface area contributed by atoms with Crippen molar-refractivity contribution in [3.8, 4) is 0 Å². The van der Waals surface area contributed by atoms with Crippen molar-refractivity contribution < 1.29 is 0 Å². The van der Waals surface area contributed by atoms with E-state index in [9.17, 15) is 0 Å². The largest absolute Gasteiger partial charge is 0.246 e. The molecule has 0 aliphatic heterocycles. The van der Waals surface area contributed by atoms with Crippen LogP contribution in [-0.2, 0) is 0 Å². The van der Waals surface area contributed by atoms with E-state index in [-0.39, 0.29) is 0 Å². The van der Waals surface area contributed by atoms with E-state index in [2.05, 4.69) is 20.9 Å². The highest BCUT2D eigenvalue weighted by molar-refractivity contribution is 9.10. The minimum atomic E-state index is 0.576. The van der Waals surface area contributed by atoms with E-state index in [0.717, 1.165) is 5.56 Å². The molecule has 0 aromatic carbocycles. The summed E-state index contributed by atoms with van der Waals surface area (Å²) in [6.45, 7) is 1.84. The molecule has 0 N–H and O–H groups in total. The monoisotopic (exact) mass is 239 g/mol. The highest BCUT2D eigenvalue weighted by Crippen LogP contribution is 2.28. The summed E-state index contributed by atoms with van der Waals surface area (Å²) in [5.74, 6) is 0. The van der Waals surface area contributed by atoms with Gasteiger partial charge in [-0.2, -0.15) is 0 Å². The summed E-state index contributed by atoms with van der Waals surface area (Å²) < 4.78 is 0.635. The first kappa shape index (κ1) is 8.31. The SMILES string of the molecule is Cc1c(Cl)cnc(Br)c1Cl. The number of rotatable bonds is 0. The maximum atomic E-state index is 5.79. The number of nitrogens with zero attached hydrogens (tertiary/aromatic N) is 1. The van der Waals surface area contributed by atoms with Gasteiger partial charge in [-0.3, -0.25) is 0 Å². The predicted octanol–water partition coefficient (Wildman–Crippen LogP) is 3.46. The third-order valence-corrected chi connectivity index (χ3v) is 2.83. The van der Waals surface area contributed by atoms with Crippen molar-refractivity contribution in [3.63, 3.8) is 0 Å². The van der Waals surface area contributed by atoms with Gasteiger partial charge in [0.2, 0.25) is 0 Å². The maximum Gasteiger partial charge on any atom is 0.125 e. The van der Waals surface area contributed by atoms with Crippen LogP contribution < -0.4 is 0 Å². The average molecular weight is 241 g/mol. The Kier molecular flexibility index (Phi) is 2.55. The first-order chi connectivity index (χ1) is 4.63. The van der Waals surface area contributed by atoms with E-state index in [1.54, 1.807) is 6.20 Å². The maximum absolute atomic E-state index is 5.79. The molecule has 0 saturated carbocycles. The second-order valence-corrected chi connectivity index (χ2v) is 3.37. The van der Waals surface area contributed by atoms with E-state index in [1.807, 2.05) is 6.92 Å². The molecule has 1 nitrogen and oxygen atoms in total. The van der Waals surface area contributed by atoms with Gasteiger partial charge in [0.25, 0.3) is 0 Å². The molecule has 0 saturated heterocycles. The van der Waals surface area contributed by atoms with Gasteiger partial charge in [-0.15, -0.1) is 0 Å². The molecule has 1 aromatic heterocycles. The Balaban J connectivity index is 3.34. The molecule has 1 rings (SSSR count). The molecular weight excluding hydrogens is 237 g/mol. The predicted molar refractivity (Wildman–Crippen MR) is 46.7 cm³/mol. The zero-order valence-corrected chi connectivity index (χ0v) is 8.26. The van der Waals surface area contributed by atoms with Gasteiger partial charge < -0.3 is 0 Å². The third kappa shape index (κ3) is 1.44. The van der Waals surface area contributed by atoms with Crippen LogP contribution in [0, 0.1) is 6.92 Å². The lowest BCUT2D eigenvalue weighted by Gasteiger charge is -2.00. The van der Waals surface area contributed by atoms with Crippen LogP contribution in [0.4, 0.5) is 0 Å². The van der Waals surface area contributed by atoms with Crippen LogP contribution in [0.1, 0.15) is 5.56 Å². The third-order valence-electron chi connectivity index (χ3n) is 1.16.